The van der Waals surface area contributed by atoms with Gasteiger partial charge in [0.05, 0.1) is 11.7 Å². The molecule has 0 N–H and O–H groups in total. The predicted octanol–water partition coefficient (Wildman–Crippen LogP) is 3.32. The second-order valence-corrected chi connectivity index (χ2v) is 5.88. The molecule has 0 aromatic heterocycles. The van der Waals surface area contributed by atoms with Crippen LogP contribution in [0.1, 0.15) is 11.2 Å². The van der Waals surface area contributed by atoms with Gasteiger partial charge in [-0.2, -0.15) is 0 Å². The van der Waals surface area contributed by atoms with Gasteiger partial charge in [-0.15, -0.1) is 0 Å². The molecule has 1 aromatic rings. The summed E-state index contributed by atoms with van der Waals surface area (Å²) in [5.74, 6) is 0. The number of hydrogen-bond acceptors (Lipinski definition) is 5. The zero-order valence-corrected chi connectivity index (χ0v) is 11.4. The number of aliphatic imine (C=N–C) groups is 1. The van der Waals surface area contributed by atoms with E-state index in [1.807, 2.05) is 30.3 Å². The van der Waals surface area contributed by atoms with E-state index in [2.05, 4.69) is 22.4 Å². The normalized spacial score (nSPS) is 12.8. The van der Waals surface area contributed by atoms with Crippen LogP contribution in [-0.2, 0) is 13.6 Å². The summed E-state index contributed by atoms with van der Waals surface area (Å²) in [6, 6.07) is 9.31. The zero-order chi connectivity index (χ0) is 12.7. The molecule has 0 amide bonds. The van der Waals surface area contributed by atoms with Crippen LogP contribution < -0.4 is 0 Å². The van der Waals surface area contributed by atoms with E-state index < -0.39 is 13.3 Å². The Morgan fingerprint density at radius 3 is 2.41 bits per heavy atom. The largest absolute Gasteiger partial charge is 0.339 e. The molecule has 0 aliphatic carbocycles. The van der Waals surface area contributed by atoms with Gasteiger partial charge in [-0.25, -0.2) is 4.99 Å². The maximum Gasteiger partial charge on any atom is 0.339 e. The lowest BCUT2D eigenvalue weighted by molar-refractivity contribution is 0.266. The number of hydrogen-bond donors (Lipinski definition) is 0. The van der Waals surface area contributed by atoms with Crippen molar-refractivity contribution in [2.75, 3.05) is 20.8 Å². The van der Waals surface area contributed by atoms with E-state index in [1.165, 1.54) is 14.2 Å². The van der Waals surface area contributed by atoms with Gasteiger partial charge in [-0.05, 0) is 17.8 Å². The molecule has 0 saturated carbocycles. The molecule has 1 atom stereocenters. The summed E-state index contributed by atoms with van der Waals surface area (Å²) in [4.78, 5) is 3.84. The molecule has 0 fully saturated rings. The van der Waals surface area contributed by atoms with Crippen molar-refractivity contribution in [2.24, 2.45) is 4.99 Å². The first kappa shape index (κ1) is 14.2. The quantitative estimate of drug-likeness (QED) is 0.452. The van der Waals surface area contributed by atoms with Crippen LogP contribution in [0.4, 0.5) is 0 Å². The van der Waals surface area contributed by atoms with Crippen LogP contribution in [-0.4, -0.2) is 25.9 Å². The molecule has 0 bridgehead atoms. The van der Waals surface area contributed by atoms with Crippen LogP contribution in [0.3, 0.4) is 0 Å². The zero-order valence-electron chi connectivity index (χ0n) is 9.70. The SMILES string of the molecule is COP(=O)(OC)C(CN=C=S)c1ccccc1. The standard InChI is InChI=1S/C11H14NO3PS/c1-14-16(13,15-2)11(8-12-9-17)10-6-4-3-5-7-10/h3-7,11H,8H2,1-2H3. The smallest absolute Gasteiger partial charge is 0.311 e. The Labute approximate surface area is 106 Å². The topological polar surface area (TPSA) is 47.9 Å². The lowest BCUT2D eigenvalue weighted by Gasteiger charge is -2.22. The summed E-state index contributed by atoms with van der Waals surface area (Å²) in [6.45, 7) is 0.229. The van der Waals surface area contributed by atoms with Gasteiger partial charge in [0.1, 0.15) is 5.66 Å². The highest BCUT2D eigenvalue weighted by Gasteiger charge is 2.35. The van der Waals surface area contributed by atoms with E-state index in [0.29, 0.717) is 0 Å². The highest BCUT2D eigenvalue weighted by Crippen LogP contribution is 2.59. The molecule has 4 nitrogen and oxygen atoms in total. The maximum atomic E-state index is 12.4. The molecule has 0 heterocycles. The fourth-order valence-corrected chi connectivity index (χ4v) is 3.07. The third kappa shape index (κ3) is 3.56. The molecule has 0 aliphatic rings. The minimum atomic E-state index is -3.22. The molecular formula is C11H14NO3PS. The predicted molar refractivity (Wildman–Crippen MR) is 70.7 cm³/mol. The van der Waals surface area contributed by atoms with E-state index in [4.69, 9.17) is 9.05 Å². The van der Waals surface area contributed by atoms with Crippen LogP contribution in [0.15, 0.2) is 35.3 Å². The first-order chi connectivity index (χ1) is 8.18. The third-order valence-electron chi connectivity index (χ3n) is 2.40. The third-order valence-corrected chi connectivity index (χ3v) is 4.78. The second-order valence-electron chi connectivity index (χ2n) is 3.26. The average Bonchev–Trinajstić information content (AvgIpc) is 2.40. The summed E-state index contributed by atoms with van der Waals surface area (Å²) in [7, 11) is -0.498. The van der Waals surface area contributed by atoms with Crippen LogP contribution in [0.25, 0.3) is 0 Å². The molecule has 0 radical (unpaired) electrons. The Morgan fingerprint density at radius 2 is 1.94 bits per heavy atom. The van der Waals surface area contributed by atoms with Crippen LogP contribution in [0.5, 0.6) is 0 Å². The molecule has 92 valence electrons. The van der Waals surface area contributed by atoms with E-state index in [9.17, 15) is 4.57 Å². The fourth-order valence-electron chi connectivity index (χ4n) is 1.52. The molecule has 0 saturated heterocycles. The molecule has 1 rings (SSSR count). The van der Waals surface area contributed by atoms with Gasteiger partial charge in [0, 0.05) is 14.2 Å². The summed E-state index contributed by atoms with van der Waals surface area (Å²) in [6.07, 6.45) is 0. The minimum Gasteiger partial charge on any atom is -0.311 e. The van der Waals surface area contributed by atoms with E-state index in [-0.39, 0.29) is 6.54 Å². The van der Waals surface area contributed by atoms with Gasteiger partial charge in [0.25, 0.3) is 0 Å². The van der Waals surface area contributed by atoms with Crippen LogP contribution >= 0.6 is 19.8 Å². The fraction of sp³-hybridized carbons (Fsp3) is 0.364. The highest BCUT2D eigenvalue weighted by atomic mass is 32.1. The Bertz CT molecular complexity index is 437. The summed E-state index contributed by atoms with van der Waals surface area (Å²) < 4.78 is 22.4. The molecule has 0 spiro atoms. The first-order valence-corrected chi connectivity index (χ1v) is 6.99. The molecule has 17 heavy (non-hydrogen) atoms. The van der Waals surface area contributed by atoms with Crippen LogP contribution in [0, 0.1) is 0 Å². The lowest BCUT2D eigenvalue weighted by Crippen LogP contribution is -2.07. The van der Waals surface area contributed by atoms with Gasteiger partial charge in [-0.3, -0.25) is 4.57 Å². The van der Waals surface area contributed by atoms with Crippen LogP contribution in [0.2, 0.25) is 0 Å². The van der Waals surface area contributed by atoms with E-state index in [1.54, 1.807) is 0 Å². The molecule has 6 heteroatoms. The summed E-state index contributed by atoms with van der Waals surface area (Å²) in [5, 5.41) is 2.26. The van der Waals surface area contributed by atoms with Gasteiger partial charge in [0.2, 0.25) is 0 Å². The molecule has 1 unspecified atom stereocenters. The Kier molecular flexibility index (Phi) is 5.69. The highest BCUT2D eigenvalue weighted by molar-refractivity contribution is 7.78. The number of rotatable bonds is 6. The maximum absolute atomic E-state index is 12.4. The number of nitrogens with zero attached hydrogens (tertiary/aromatic N) is 1. The van der Waals surface area contributed by atoms with Crippen molar-refractivity contribution < 1.29 is 13.6 Å². The Balaban J connectivity index is 3.12. The van der Waals surface area contributed by atoms with Crippen molar-refractivity contribution in [1.29, 1.82) is 0 Å². The molecular weight excluding hydrogens is 257 g/mol. The van der Waals surface area contributed by atoms with Gasteiger partial charge >= 0.3 is 7.60 Å². The van der Waals surface area contributed by atoms with Crippen molar-refractivity contribution >= 4 is 25.0 Å². The van der Waals surface area contributed by atoms with Crippen molar-refractivity contribution in [3.63, 3.8) is 0 Å². The first-order valence-electron chi connectivity index (χ1n) is 4.97. The Morgan fingerprint density at radius 1 is 1.35 bits per heavy atom. The van der Waals surface area contributed by atoms with Crippen molar-refractivity contribution in [3.05, 3.63) is 35.9 Å². The second kappa shape index (κ2) is 6.80. The number of thiocarbonyl (C=S) groups is 1. The minimum absolute atomic E-state index is 0.229. The summed E-state index contributed by atoms with van der Waals surface area (Å²) >= 11 is 4.53. The van der Waals surface area contributed by atoms with E-state index >= 15 is 0 Å². The monoisotopic (exact) mass is 271 g/mol. The van der Waals surface area contributed by atoms with Crippen molar-refractivity contribution in [2.45, 2.75) is 5.66 Å². The van der Waals surface area contributed by atoms with Gasteiger partial charge < -0.3 is 9.05 Å². The summed E-state index contributed by atoms with van der Waals surface area (Å²) in [5.41, 5.74) is 0.377. The van der Waals surface area contributed by atoms with Crippen molar-refractivity contribution in [1.82, 2.24) is 0 Å². The number of benzene rings is 1. The Hall–Kier alpha value is -0.830. The lowest BCUT2D eigenvalue weighted by atomic mass is 10.1. The molecule has 1 aromatic carbocycles. The molecule has 0 aliphatic heterocycles. The van der Waals surface area contributed by atoms with Gasteiger partial charge in [0.15, 0.2) is 0 Å². The van der Waals surface area contributed by atoms with Gasteiger partial charge in [-0.1, -0.05) is 30.3 Å². The van der Waals surface area contributed by atoms with E-state index in [0.717, 1.165) is 5.56 Å². The van der Waals surface area contributed by atoms with Crippen molar-refractivity contribution in [3.8, 4) is 0 Å². The average molecular weight is 271 g/mol. The number of isothiocyanates is 1.